The molecule has 2 heterocycles. The zero-order chi connectivity index (χ0) is 16.4. The Balaban J connectivity index is 1.75. The summed E-state index contributed by atoms with van der Waals surface area (Å²) in [6.07, 6.45) is -3.02. The molecule has 1 aliphatic rings. The molecule has 1 N–H and O–H groups in total. The molecule has 1 aromatic heterocycles. The van der Waals surface area contributed by atoms with Gasteiger partial charge in [0.15, 0.2) is 0 Å². The summed E-state index contributed by atoms with van der Waals surface area (Å²) < 4.78 is 45.8. The van der Waals surface area contributed by atoms with E-state index in [-0.39, 0.29) is 11.8 Å². The van der Waals surface area contributed by atoms with Crippen molar-refractivity contribution in [1.29, 1.82) is 0 Å². The minimum absolute atomic E-state index is 0.0466. The molecule has 23 heavy (non-hydrogen) atoms. The van der Waals surface area contributed by atoms with E-state index in [2.05, 4.69) is 19.6 Å². The predicted molar refractivity (Wildman–Crippen MR) is 76.9 cm³/mol. The lowest BCUT2D eigenvalue weighted by Crippen LogP contribution is -2.37. The molecular weight excluding hydrogens is 311 g/mol. The fourth-order valence-electron chi connectivity index (χ4n) is 2.46. The van der Waals surface area contributed by atoms with Gasteiger partial charge in [-0.1, -0.05) is 0 Å². The second-order valence-electron chi connectivity index (χ2n) is 5.33. The third-order valence-corrected chi connectivity index (χ3v) is 3.71. The molecule has 1 unspecified atom stereocenters. The summed E-state index contributed by atoms with van der Waals surface area (Å²) in [6.45, 7) is 2.08. The minimum Gasteiger partial charge on any atom is -0.406 e. The molecule has 1 saturated heterocycles. The zero-order valence-corrected chi connectivity index (χ0v) is 12.4. The first kappa shape index (κ1) is 15.8. The number of H-pyrrole nitrogens is 1. The maximum atomic E-state index is 12.2. The van der Waals surface area contributed by atoms with Crippen LogP contribution in [0.3, 0.4) is 0 Å². The van der Waals surface area contributed by atoms with Crippen LogP contribution in [0.4, 0.5) is 13.2 Å². The van der Waals surface area contributed by atoms with Crippen LogP contribution in [-0.2, 0) is 4.74 Å². The highest BCUT2D eigenvalue weighted by molar-refractivity contribution is 5.59. The number of rotatable bonds is 3. The van der Waals surface area contributed by atoms with E-state index in [1.54, 1.807) is 18.3 Å². The average molecular weight is 327 g/mol. The van der Waals surface area contributed by atoms with Gasteiger partial charge in [0.05, 0.1) is 31.1 Å². The quantitative estimate of drug-likeness (QED) is 0.942. The van der Waals surface area contributed by atoms with Crippen molar-refractivity contribution in [2.45, 2.75) is 12.4 Å². The molecule has 5 nitrogen and oxygen atoms in total. The number of nitrogens with one attached hydrogen (secondary N) is 1. The number of aromatic nitrogens is 2. The second kappa shape index (κ2) is 6.21. The van der Waals surface area contributed by atoms with Crippen LogP contribution in [0.15, 0.2) is 30.5 Å². The Kier molecular flexibility index (Phi) is 4.27. The van der Waals surface area contributed by atoms with E-state index in [9.17, 15) is 13.2 Å². The van der Waals surface area contributed by atoms with Crippen molar-refractivity contribution in [2.75, 3.05) is 26.8 Å². The van der Waals surface area contributed by atoms with Crippen molar-refractivity contribution < 1.29 is 22.6 Å². The van der Waals surface area contributed by atoms with Gasteiger partial charge in [-0.25, -0.2) is 4.98 Å². The van der Waals surface area contributed by atoms with Crippen molar-refractivity contribution >= 4 is 0 Å². The number of nitrogens with zero attached hydrogens (tertiary/aromatic N) is 2. The lowest BCUT2D eigenvalue weighted by Gasteiger charge is -2.30. The van der Waals surface area contributed by atoms with E-state index >= 15 is 0 Å². The highest BCUT2D eigenvalue weighted by atomic mass is 19.4. The highest BCUT2D eigenvalue weighted by Crippen LogP contribution is 2.27. The fourth-order valence-corrected chi connectivity index (χ4v) is 2.46. The van der Waals surface area contributed by atoms with E-state index in [1.807, 2.05) is 7.05 Å². The number of hydrogen-bond acceptors (Lipinski definition) is 4. The van der Waals surface area contributed by atoms with Crippen LogP contribution >= 0.6 is 0 Å². The maximum Gasteiger partial charge on any atom is 0.573 e. The molecule has 0 saturated carbocycles. The average Bonchev–Trinajstić information content (AvgIpc) is 2.96. The van der Waals surface area contributed by atoms with Crippen molar-refractivity contribution in [1.82, 2.24) is 14.9 Å². The standard InChI is InChI=1S/C15H16F3N3O2/c1-21-6-7-22-9-13(21)14-19-8-12(20-14)10-2-4-11(5-3-10)23-15(16,17)18/h2-5,8,13H,6-7,9H2,1H3,(H,19,20). The zero-order valence-electron chi connectivity index (χ0n) is 12.4. The van der Waals surface area contributed by atoms with Crippen LogP contribution in [0.5, 0.6) is 5.75 Å². The number of halogens is 3. The van der Waals surface area contributed by atoms with Gasteiger partial charge in [-0.05, 0) is 36.9 Å². The number of aromatic amines is 1. The molecule has 1 atom stereocenters. The van der Waals surface area contributed by atoms with Gasteiger partial charge in [0, 0.05) is 6.54 Å². The van der Waals surface area contributed by atoms with Crippen molar-refractivity contribution in [3.05, 3.63) is 36.3 Å². The number of ether oxygens (including phenoxy) is 2. The van der Waals surface area contributed by atoms with Gasteiger partial charge >= 0.3 is 6.36 Å². The molecule has 0 radical (unpaired) electrons. The monoisotopic (exact) mass is 327 g/mol. The highest BCUT2D eigenvalue weighted by Gasteiger charge is 2.31. The molecule has 1 aliphatic heterocycles. The fraction of sp³-hybridized carbons (Fsp3) is 0.400. The number of likely N-dealkylation sites (N-methyl/N-ethyl adjacent to an activating group) is 1. The molecule has 1 fully saturated rings. The molecule has 124 valence electrons. The van der Waals surface area contributed by atoms with Crippen LogP contribution in [0.1, 0.15) is 11.9 Å². The molecular formula is C15H16F3N3O2. The predicted octanol–water partition coefficient (Wildman–Crippen LogP) is 2.98. The van der Waals surface area contributed by atoms with Crippen LogP contribution < -0.4 is 4.74 Å². The number of imidazole rings is 1. The summed E-state index contributed by atoms with van der Waals surface area (Å²) in [6, 6.07) is 5.71. The summed E-state index contributed by atoms with van der Waals surface area (Å²) in [5, 5.41) is 0. The van der Waals surface area contributed by atoms with Gasteiger partial charge in [-0.3, -0.25) is 4.90 Å². The van der Waals surface area contributed by atoms with Gasteiger partial charge in [-0.2, -0.15) is 0 Å². The van der Waals surface area contributed by atoms with Gasteiger partial charge in [0.2, 0.25) is 0 Å². The van der Waals surface area contributed by atoms with Gasteiger partial charge in [0.1, 0.15) is 11.6 Å². The Morgan fingerprint density at radius 2 is 2.04 bits per heavy atom. The van der Waals surface area contributed by atoms with E-state index < -0.39 is 6.36 Å². The Hall–Kier alpha value is -2.06. The molecule has 2 aromatic rings. The van der Waals surface area contributed by atoms with Gasteiger partial charge in [-0.15, -0.1) is 13.2 Å². The summed E-state index contributed by atoms with van der Waals surface area (Å²) in [7, 11) is 2.00. The van der Waals surface area contributed by atoms with Crippen molar-refractivity contribution in [3.63, 3.8) is 0 Å². The van der Waals surface area contributed by atoms with E-state index in [0.29, 0.717) is 13.2 Å². The number of alkyl halides is 3. The Labute approximate surface area is 131 Å². The Morgan fingerprint density at radius 1 is 1.30 bits per heavy atom. The normalized spacial score (nSPS) is 19.7. The third-order valence-electron chi connectivity index (χ3n) is 3.71. The first-order chi connectivity index (χ1) is 10.9. The second-order valence-corrected chi connectivity index (χ2v) is 5.33. The lowest BCUT2D eigenvalue weighted by atomic mass is 10.1. The molecule has 0 amide bonds. The maximum absolute atomic E-state index is 12.2. The summed E-state index contributed by atoms with van der Waals surface area (Å²) in [4.78, 5) is 9.71. The first-order valence-electron chi connectivity index (χ1n) is 7.11. The third kappa shape index (κ3) is 3.83. The summed E-state index contributed by atoms with van der Waals surface area (Å²) in [5.74, 6) is 0.527. The van der Waals surface area contributed by atoms with Crippen LogP contribution in [0.25, 0.3) is 11.3 Å². The van der Waals surface area contributed by atoms with Crippen LogP contribution in [-0.4, -0.2) is 48.0 Å². The smallest absolute Gasteiger partial charge is 0.406 e. The van der Waals surface area contributed by atoms with Crippen LogP contribution in [0, 0.1) is 0 Å². The minimum atomic E-state index is -4.69. The molecule has 1 aromatic carbocycles. The Bertz CT molecular complexity index is 655. The topological polar surface area (TPSA) is 50.4 Å². The molecule has 0 bridgehead atoms. The number of morpholine rings is 1. The van der Waals surface area contributed by atoms with E-state index in [4.69, 9.17) is 4.74 Å². The molecule has 0 aliphatic carbocycles. The van der Waals surface area contributed by atoms with E-state index in [1.165, 1.54) is 12.1 Å². The lowest BCUT2D eigenvalue weighted by molar-refractivity contribution is -0.274. The van der Waals surface area contributed by atoms with E-state index in [0.717, 1.165) is 23.6 Å². The Morgan fingerprint density at radius 3 is 2.70 bits per heavy atom. The number of benzene rings is 1. The van der Waals surface area contributed by atoms with Gasteiger partial charge < -0.3 is 14.5 Å². The molecule has 0 spiro atoms. The molecule has 3 rings (SSSR count). The first-order valence-corrected chi connectivity index (χ1v) is 7.11. The SMILES string of the molecule is CN1CCOCC1c1ncc(-c2ccc(OC(F)(F)F)cc2)[nH]1. The number of hydrogen-bond donors (Lipinski definition) is 1. The van der Waals surface area contributed by atoms with Crippen molar-refractivity contribution in [2.24, 2.45) is 0 Å². The largest absolute Gasteiger partial charge is 0.573 e. The van der Waals surface area contributed by atoms with Crippen LogP contribution in [0.2, 0.25) is 0 Å². The van der Waals surface area contributed by atoms with Crippen molar-refractivity contribution in [3.8, 4) is 17.0 Å². The summed E-state index contributed by atoms with van der Waals surface area (Å²) in [5.41, 5.74) is 1.47. The molecule has 8 heteroatoms. The summed E-state index contributed by atoms with van der Waals surface area (Å²) >= 11 is 0. The van der Waals surface area contributed by atoms with Gasteiger partial charge in [0.25, 0.3) is 0 Å².